The molecule has 3 fully saturated rings. The number of likely N-dealkylation sites (tertiary alicyclic amines) is 1. The highest BCUT2D eigenvalue weighted by Gasteiger charge is 2.54. The molecule has 1 N–H and O–H groups in total. The van der Waals surface area contributed by atoms with Crippen molar-refractivity contribution in [1.82, 2.24) is 14.9 Å². The van der Waals surface area contributed by atoms with Crippen molar-refractivity contribution in [2.24, 2.45) is 17.3 Å². The van der Waals surface area contributed by atoms with Crippen molar-refractivity contribution in [1.29, 1.82) is 0 Å². The van der Waals surface area contributed by atoms with E-state index in [9.17, 15) is 23.1 Å². The molecule has 1 aromatic rings. The van der Waals surface area contributed by atoms with E-state index in [1.165, 1.54) is 0 Å². The van der Waals surface area contributed by atoms with Crippen LogP contribution < -0.4 is 4.90 Å². The molecule has 3 saturated heterocycles. The Morgan fingerprint density at radius 1 is 1.29 bits per heavy atom. The molecule has 4 rings (SSSR count). The molecule has 7 nitrogen and oxygen atoms in total. The molecule has 0 radical (unpaired) electrons. The maximum atomic E-state index is 12.9. The summed E-state index contributed by atoms with van der Waals surface area (Å²) in [6.45, 7) is 2.67. The van der Waals surface area contributed by atoms with Crippen LogP contribution >= 0.6 is 0 Å². The Morgan fingerprint density at radius 3 is 2.68 bits per heavy atom. The number of carbonyl (C=O) groups is 1. The number of alkyl halides is 3. The maximum absolute atomic E-state index is 12.9. The summed E-state index contributed by atoms with van der Waals surface area (Å²) in [5.74, 6) is 0.0254. The zero-order chi connectivity index (χ0) is 19.9. The Morgan fingerprint density at radius 2 is 2.04 bits per heavy atom. The van der Waals surface area contributed by atoms with Crippen molar-refractivity contribution in [3.8, 4) is 0 Å². The third-order valence-corrected chi connectivity index (χ3v) is 6.17. The van der Waals surface area contributed by atoms with Gasteiger partial charge in [-0.3, -0.25) is 4.79 Å². The molecule has 10 heteroatoms. The molecule has 0 saturated carbocycles. The highest BCUT2D eigenvalue weighted by atomic mass is 19.4. The number of halogens is 3. The molecule has 0 spiro atoms. The van der Waals surface area contributed by atoms with Gasteiger partial charge in [-0.2, -0.15) is 13.2 Å². The van der Waals surface area contributed by atoms with Crippen LogP contribution in [0.2, 0.25) is 0 Å². The van der Waals surface area contributed by atoms with Crippen LogP contribution in [0.3, 0.4) is 0 Å². The number of carbonyl (C=O) groups excluding carboxylic acids is 1. The van der Waals surface area contributed by atoms with Crippen LogP contribution in [-0.4, -0.2) is 71.9 Å². The Kier molecular flexibility index (Phi) is 4.95. The van der Waals surface area contributed by atoms with Gasteiger partial charge in [-0.1, -0.05) is 0 Å². The summed E-state index contributed by atoms with van der Waals surface area (Å²) in [5, 5.41) is 10.1. The number of aliphatic hydroxyl groups is 1. The molecule has 0 aromatic carbocycles. The molecule has 28 heavy (non-hydrogen) atoms. The minimum atomic E-state index is -4.53. The van der Waals surface area contributed by atoms with E-state index >= 15 is 0 Å². The van der Waals surface area contributed by atoms with E-state index in [0.717, 1.165) is 12.3 Å². The molecule has 3 aliphatic heterocycles. The first-order valence-corrected chi connectivity index (χ1v) is 9.45. The fourth-order valence-electron chi connectivity index (χ4n) is 4.59. The second-order valence-corrected chi connectivity index (χ2v) is 7.94. The van der Waals surface area contributed by atoms with Gasteiger partial charge in [0, 0.05) is 62.8 Å². The molecule has 1 aromatic heterocycles. The van der Waals surface area contributed by atoms with Crippen LogP contribution in [-0.2, 0) is 15.7 Å². The van der Waals surface area contributed by atoms with Gasteiger partial charge in [0.1, 0.15) is 5.69 Å². The van der Waals surface area contributed by atoms with E-state index in [1.807, 2.05) is 0 Å². The van der Waals surface area contributed by atoms with Gasteiger partial charge in [0.05, 0.1) is 6.61 Å². The lowest BCUT2D eigenvalue weighted by Gasteiger charge is -2.30. The summed E-state index contributed by atoms with van der Waals surface area (Å²) >= 11 is 0. The van der Waals surface area contributed by atoms with E-state index < -0.39 is 17.3 Å². The van der Waals surface area contributed by atoms with Crippen LogP contribution in [0.4, 0.5) is 19.1 Å². The van der Waals surface area contributed by atoms with Crippen molar-refractivity contribution in [2.75, 3.05) is 50.9 Å². The number of anilines is 1. The van der Waals surface area contributed by atoms with Crippen LogP contribution in [0.1, 0.15) is 18.5 Å². The fraction of sp³-hybridized carbons (Fsp3) is 0.722. The monoisotopic (exact) mass is 400 g/mol. The van der Waals surface area contributed by atoms with Gasteiger partial charge in [-0.25, -0.2) is 9.97 Å². The minimum Gasteiger partial charge on any atom is -0.396 e. The number of hydrogen-bond acceptors (Lipinski definition) is 6. The van der Waals surface area contributed by atoms with Gasteiger partial charge in [-0.05, 0) is 18.9 Å². The Hall–Kier alpha value is -1.94. The predicted molar refractivity (Wildman–Crippen MR) is 92.4 cm³/mol. The summed E-state index contributed by atoms with van der Waals surface area (Å²) in [4.78, 5) is 24.0. The minimum absolute atomic E-state index is 0.0133. The van der Waals surface area contributed by atoms with Crippen LogP contribution in [0.5, 0.6) is 0 Å². The Bertz CT molecular complexity index is 741. The van der Waals surface area contributed by atoms with Gasteiger partial charge >= 0.3 is 6.18 Å². The molecule has 0 aliphatic carbocycles. The van der Waals surface area contributed by atoms with E-state index in [4.69, 9.17) is 4.74 Å². The van der Waals surface area contributed by atoms with Crippen molar-refractivity contribution in [3.63, 3.8) is 0 Å². The van der Waals surface area contributed by atoms with Gasteiger partial charge in [0.2, 0.25) is 11.9 Å². The summed E-state index contributed by atoms with van der Waals surface area (Å²) < 4.78 is 44.1. The van der Waals surface area contributed by atoms with E-state index in [0.29, 0.717) is 52.2 Å². The maximum Gasteiger partial charge on any atom is 0.433 e. The third-order valence-electron chi connectivity index (χ3n) is 6.17. The molecule has 2 atom stereocenters. The lowest BCUT2D eigenvalue weighted by Crippen LogP contribution is -2.42. The molecule has 2 unspecified atom stereocenters. The third kappa shape index (κ3) is 3.43. The Labute approximate surface area is 160 Å². The molecular weight excluding hydrogens is 377 g/mol. The zero-order valence-corrected chi connectivity index (χ0v) is 15.4. The van der Waals surface area contributed by atoms with Crippen LogP contribution in [0.15, 0.2) is 12.3 Å². The second-order valence-electron chi connectivity index (χ2n) is 7.94. The smallest absolute Gasteiger partial charge is 0.396 e. The number of ether oxygens (including phenoxy) is 1. The summed E-state index contributed by atoms with van der Waals surface area (Å²) in [6, 6.07) is 0.844. The predicted octanol–water partition coefficient (Wildman–Crippen LogP) is 1.18. The summed E-state index contributed by atoms with van der Waals surface area (Å²) in [7, 11) is 0. The number of nitrogens with zero attached hydrogens (tertiary/aromatic N) is 4. The number of fused-ring (bicyclic) bond motifs is 1. The number of amides is 1. The first kappa shape index (κ1) is 19.4. The van der Waals surface area contributed by atoms with Gasteiger partial charge in [0.15, 0.2) is 0 Å². The van der Waals surface area contributed by atoms with Crippen molar-refractivity contribution in [3.05, 3.63) is 18.0 Å². The zero-order valence-electron chi connectivity index (χ0n) is 15.4. The normalized spacial score (nSPS) is 28.6. The molecule has 1 amide bonds. The van der Waals surface area contributed by atoms with E-state index in [2.05, 4.69) is 9.97 Å². The Balaban J connectivity index is 1.48. The topological polar surface area (TPSA) is 78.8 Å². The van der Waals surface area contributed by atoms with E-state index in [1.54, 1.807) is 9.80 Å². The van der Waals surface area contributed by atoms with Crippen LogP contribution in [0.25, 0.3) is 0 Å². The van der Waals surface area contributed by atoms with Gasteiger partial charge in [0.25, 0.3) is 0 Å². The molecule has 154 valence electrons. The number of aromatic nitrogens is 2. The van der Waals surface area contributed by atoms with Crippen molar-refractivity contribution < 1.29 is 27.8 Å². The summed E-state index contributed by atoms with van der Waals surface area (Å²) in [6.07, 6.45) is -2.02. The van der Waals surface area contributed by atoms with E-state index in [-0.39, 0.29) is 30.3 Å². The lowest BCUT2D eigenvalue weighted by atomic mass is 9.82. The number of aliphatic hydroxyl groups excluding tert-OH is 1. The van der Waals surface area contributed by atoms with Crippen molar-refractivity contribution in [2.45, 2.75) is 19.0 Å². The quantitative estimate of drug-likeness (QED) is 0.821. The molecular formula is C18H23F3N4O3. The second kappa shape index (κ2) is 7.14. The van der Waals surface area contributed by atoms with Crippen molar-refractivity contribution >= 4 is 11.9 Å². The lowest BCUT2D eigenvalue weighted by molar-refractivity contribution is -0.141. The summed E-state index contributed by atoms with van der Waals surface area (Å²) in [5.41, 5.74) is -1.54. The fourth-order valence-corrected chi connectivity index (χ4v) is 4.59. The first-order valence-electron chi connectivity index (χ1n) is 9.45. The average Bonchev–Trinajstić information content (AvgIpc) is 3.22. The average molecular weight is 400 g/mol. The molecule has 4 heterocycles. The van der Waals surface area contributed by atoms with Gasteiger partial charge in [-0.15, -0.1) is 0 Å². The van der Waals surface area contributed by atoms with Gasteiger partial charge < -0.3 is 19.6 Å². The molecule has 0 bridgehead atoms. The number of rotatable bonds is 3. The standard InChI is InChI=1S/C18H23F3N4O3/c19-18(20,21)14-1-4-22-16(23-14)25-8-13-7-24(9-17(13,10-25)11-26)15(27)12-2-5-28-6-3-12/h1,4,12-13,26H,2-3,5-11H2. The first-order chi connectivity index (χ1) is 13.3. The molecule has 3 aliphatic rings. The highest BCUT2D eigenvalue weighted by Crippen LogP contribution is 2.44. The van der Waals surface area contributed by atoms with Crippen LogP contribution in [0, 0.1) is 17.3 Å². The number of hydrogen-bond donors (Lipinski definition) is 1. The SMILES string of the molecule is O=C(C1CCOCC1)N1CC2CN(c3nccc(C(F)(F)F)n3)CC2(CO)C1. The highest BCUT2D eigenvalue weighted by molar-refractivity contribution is 5.79. The largest absolute Gasteiger partial charge is 0.433 e.